The highest BCUT2D eigenvalue weighted by atomic mass is 14.9. The molecule has 1 unspecified atom stereocenters. The van der Waals surface area contributed by atoms with Crippen molar-refractivity contribution in [2.24, 2.45) is 5.92 Å². The van der Waals surface area contributed by atoms with Crippen LogP contribution in [0.15, 0.2) is 12.7 Å². The molecule has 1 aliphatic rings. The Labute approximate surface area is 81.8 Å². The molecule has 1 heterocycles. The summed E-state index contributed by atoms with van der Waals surface area (Å²) in [6.07, 6.45) is 5.71. The first kappa shape index (κ1) is 10.7. The van der Waals surface area contributed by atoms with E-state index in [0.29, 0.717) is 6.04 Å². The summed E-state index contributed by atoms with van der Waals surface area (Å²) in [5.41, 5.74) is 0. The van der Waals surface area contributed by atoms with E-state index in [1.54, 1.807) is 0 Å². The van der Waals surface area contributed by atoms with Gasteiger partial charge in [0.1, 0.15) is 0 Å². The molecule has 2 nitrogen and oxygen atoms in total. The molecule has 1 aliphatic heterocycles. The number of nitrogens with one attached hydrogen (secondary N) is 2. The van der Waals surface area contributed by atoms with Gasteiger partial charge in [-0.15, -0.1) is 6.58 Å². The molecule has 0 bridgehead atoms. The van der Waals surface area contributed by atoms with Gasteiger partial charge in [-0.3, -0.25) is 0 Å². The fourth-order valence-corrected chi connectivity index (χ4v) is 1.79. The van der Waals surface area contributed by atoms with Gasteiger partial charge in [-0.2, -0.15) is 0 Å². The van der Waals surface area contributed by atoms with Crippen molar-refractivity contribution in [3.8, 4) is 0 Å². The van der Waals surface area contributed by atoms with E-state index in [4.69, 9.17) is 0 Å². The summed E-state index contributed by atoms with van der Waals surface area (Å²) >= 11 is 0. The van der Waals surface area contributed by atoms with Crippen molar-refractivity contribution in [1.82, 2.24) is 10.6 Å². The van der Waals surface area contributed by atoms with E-state index in [2.05, 4.69) is 24.1 Å². The Bertz CT molecular complexity index is 139. The third-order valence-corrected chi connectivity index (χ3v) is 2.73. The number of hydrogen-bond donors (Lipinski definition) is 2. The molecule has 1 rings (SSSR count). The van der Waals surface area contributed by atoms with Crippen LogP contribution in [-0.4, -0.2) is 25.7 Å². The van der Waals surface area contributed by atoms with E-state index in [9.17, 15) is 0 Å². The fourth-order valence-electron chi connectivity index (χ4n) is 1.79. The summed E-state index contributed by atoms with van der Waals surface area (Å²) in [5, 5.41) is 6.94. The van der Waals surface area contributed by atoms with Crippen molar-refractivity contribution in [3.05, 3.63) is 12.7 Å². The van der Waals surface area contributed by atoms with Gasteiger partial charge in [-0.25, -0.2) is 0 Å². The average molecular weight is 182 g/mol. The minimum absolute atomic E-state index is 0.590. The third kappa shape index (κ3) is 4.44. The van der Waals surface area contributed by atoms with E-state index >= 15 is 0 Å². The molecule has 0 radical (unpaired) electrons. The van der Waals surface area contributed by atoms with Gasteiger partial charge in [-0.1, -0.05) is 6.08 Å². The lowest BCUT2D eigenvalue weighted by molar-refractivity contribution is 0.344. The SMILES string of the molecule is C=CCC(C)NCC1CCNCC1. The van der Waals surface area contributed by atoms with Crippen LogP contribution in [0.2, 0.25) is 0 Å². The summed E-state index contributed by atoms with van der Waals surface area (Å²) in [7, 11) is 0. The Kier molecular flexibility index (Phi) is 5.09. The Morgan fingerprint density at radius 2 is 2.23 bits per heavy atom. The van der Waals surface area contributed by atoms with Crippen LogP contribution in [-0.2, 0) is 0 Å². The largest absolute Gasteiger partial charge is 0.317 e. The zero-order chi connectivity index (χ0) is 9.52. The van der Waals surface area contributed by atoms with Crippen molar-refractivity contribution in [2.45, 2.75) is 32.2 Å². The van der Waals surface area contributed by atoms with Crippen LogP contribution in [0, 0.1) is 5.92 Å². The number of rotatable bonds is 5. The zero-order valence-electron chi connectivity index (χ0n) is 8.68. The van der Waals surface area contributed by atoms with E-state index in [1.807, 2.05) is 6.08 Å². The van der Waals surface area contributed by atoms with Crippen molar-refractivity contribution in [1.29, 1.82) is 0 Å². The fraction of sp³-hybridized carbons (Fsp3) is 0.818. The molecule has 2 N–H and O–H groups in total. The van der Waals surface area contributed by atoms with Crippen LogP contribution >= 0.6 is 0 Å². The molecule has 1 saturated heterocycles. The Morgan fingerprint density at radius 3 is 2.85 bits per heavy atom. The van der Waals surface area contributed by atoms with Crippen molar-refractivity contribution < 1.29 is 0 Å². The minimum atomic E-state index is 0.590. The van der Waals surface area contributed by atoms with Crippen LogP contribution in [0.25, 0.3) is 0 Å². The molecule has 0 spiro atoms. The smallest absolute Gasteiger partial charge is 0.00732 e. The van der Waals surface area contributed by atoms with Crippen molar-refractivity contribution in [2.75, 3.05) is 19.6 Å². The molecule has 0 saturated carbocycles. The number of piperidine rings is 1. The van der Waals surface area contributed by atoms with Gasteiger partial charge >= 0.3 is 0 Å². The summed E-state index contributed by atoms with van der Waals surface area (Å²) in [4.78, 5) is 0. The maximum absolute atomic E-state index is 3.75. The second kappa shape index (κ2) is 6.17. The zero-order valence-corrected chi connectivity index (χ0v) is 8.68. The summed E-state index contributed by atoms with van der Waals surface area (Å²) in [6, 6.07) is 0.590. The summed E-state index contributed by atoms with van der Waals surface area (Å²) < 4.78 is 0. The first-order valence-electron chi connectivity index (χ1n) is 5.38. The first-order chi connectivity index (χ1) is 6.33. The molecule has 0 aromatic carbocycles. The lowest BCUT2D eigenvalue weighted by Crippen LogP contribution is -2.36. The van der Waals surface area contributed by atoms with Crippen LogP contribution in [0.5, 0.6) is 0 Å². The standard InChI is InChI=1S/C11H22N2/c1-3-4-10(2)13-9-11-5-7-12-8-6-11/h3,10-13H,1,4-9H2,2H3. The van der Waals surface area contributed by atoms with Crippen LogP contribution in [0.4, 0.5) is 0 Å². The first-order valence-corrected chi connectivity index (χ1v) is 5.38. The van der Waals surface area contributed by atoms with Gasteiger partial charge in [0, 0.05) is 6.04 Å². The molecular weight excluding hydrogens is 160 g/mol. The maximum Gasteiger partial charge on any atom is 0.00732 e. The van der Waals surface area contributed by atoms with Gasteiger partial charge in [-0.05, 0) is 51.7 Å². The quantitative estimate of drug-likeness (QED) is 0.630. The summed E-state index contributed by atoms with van der Waals surface area (Å²) in [5.74, 6) is 0.883. The highest BCUT2D eigenvalue weighted by Gasteiger charge is 2.12. The van der Waals surface area contributed by atoms with Crippen LogP contribution < -0.4 is 10.6 Å². The monoisotopic (exact) mass is 182 g/mol. The molecule has 0 aliphatic carbocycles. The van der Waals surface area contributed by atoms with Crippen LogP contribution in [0.3, 0.4) is 0 Å². The Hall–Kier alpha value is -0.340. The highest BCUT2D eigenvalue weighted by Crippen LogP contribution is 2.10. The lowest BCUT2D eigenvalue weighted by atomic mass is 9.98. The van der Waals surface area contributed by atoms with Crippen LogP contribution in [0.1, 0.15) is 26.2 Å². The van der Waals surface area contributed by atoms with Gasteiger partial charge in [0.25, 0.3) is 0 Å². The highest BCUT2D eigenvalue weighted by molar-refractivity contribution is 4.77. The molecular formula is C11H22N2. The van der Waals surface area contributed by atoms with Crippen molar-refractivity contribution in [3.63, 3.8) is 0 Å². The van der Waals surface area contributed by atoms with E-state index in [-0.39, 0.29) is 0 Å². The van der Waals surface area contributed by atoms with Gasteiger partial charge in [0.05, 0.1) is 0 Å². The topological polar surface area (TPSA) is 24.1 Å². The second-order valence-electron chi connectivity index (χ2n) is 4.03. The Morgan fingerprint density at radius 1 is 1.54 bits per heavy atom. The van der Waals surface area contributed by atoms with Crippen molar-refractivity contribution >= 4 is 0 Å². The predicted octanol–water partition coefficient (Wildman–Crippen LogP) is 1.54. The summed E-state index contributed by atoms with van der Waals surface area (Å²) in [6.45, 7) is 9.54. The molecule has 0 amide bonds. The predicted molar refractivity (Wildman–Crippen MR) is 57.9 cm³/mol. The van der Waals surface area contributed by atoms with E-state index < -0.39 is 0 Å². The molecule has 0 aromatic rings. The minimum Gasteiger partial charge on any atom is -0.317 e. The maximum atomic E-state index is 3.75. The Balaban J connectivity index is 2.06. The second-order valence-corrected chi connectivity index (χ2v) is 4.03. The van der Waals surface area contributed by atoms with Gasteiger partial charge in [0.15, 0.2) is 0 Å². The molecule has 0 aromatic heterocycles. The normalized spacial score (nSPS) is 21.3. The third-order valence-electron chi connectivity index (χ3n) is 2.73. The molecule has 2 heteroatoms. The van der Waals surface area contributed by atoms with Gasteiger partial charge in [0.2, 0.25) is 0 Å². The van der Waals surface area contributed by atoms with E-state index in [1.165, 1.54) is 32.5 Å². The average Bonchev–Trinajstić information content (AvgIpc) is 2.17. The molecule has 76 valence electrons. The van der Waals surface area contributed by atoms with E-state index in [0.717, 1.165) is 12.3 Å². The number of hydrogen-bond acceptors (Lipinski definition) is 2. The lowest BCUT2D eigenvalue weighted by Gasteiger charge is -2.24. The molecule has 13 heavy (non-hydrogen) atoms. The van der Waals surface area contributed by atoms with Gasteiger partial charge < -0.3 is 10.6 Å². The molecule has 1 atom stereocenters. The molecule has 1 fully saturated rings.